The Bertz CT molecular complexity index is 414. The molecule has 1 saturated carbocycles. The summed E-state index contributed by atoms with van der Waals surface area (Å²) >= 11 is 0. The highest BCUT2D eigenvalue weighted by molar-refractivity contribution is 5.82. The van der Waals surface area contributed by atoms with E-state index in [1.54, 1.807) is 4.90 Å². The maximum atomic E-state index is 12.4. The van der Waals surface area contributed by atoms with Crippen molar-refractivity contribution in [1.82, 2.24) is 9.80 Å². The molecule has 0 spiro atoms. The van der Waals surface area contributed by atoms with Crippen molar-refractivity contribution in [3.63, 3.8) is 0 Å². The molecule has 3 amide bonds. The van der Waals surface area contributed by atoms with Crippen molar-refractivity contribution in [2.75, 3.05) is 13.1 Å². The molecule has 2 aliphatic rings. The molecule has 5 nitrogen and oxygen atoms in total. The summed E-state index contributed by atoms with van der Waals surface area (Å²) in [5, 5.41) is 0. The second-order valence-electron chi connectivity index (χ2n) is 6.06. The second-order valence-corrected chi connectivity index (χ2v) is 6.06. The van der Waals surface area contributed by atoms with Gasteiger partial charge in [0.25, 0.3) is 0 Å². The maximum absolute atomic E-state index is 12.4. The van der Waals surface area contributed by atoms with Crippen molar-refractivity contribution in [2.24, 2.45) is 5.73 Å². The normalized spacial score (nSPS) is 21.7. The number of urea groups is 1. The van der Waals surface area contributed by atoms with E-state index in [-0.39, 0.29) is 25.2 Å². The zero-order valence-electron chi connectivity index (χ0n) is 12.4. The molecule has 2 fully saturated rings. The standard InChI is InChI=1S/C14H22F3N3O2/c15-14(16,17)12(21)19-8-6-11(7-9-19)20(13(18)22)10-4-2-1-3-5-10/h10-11H,1-9H2,(H2,18,22). The number of primary amides is 1. The van der Waals surface area contributed by atoms with Gasteiger partial charge in [0.15, 0.2) is 0 Å². The first-order valence-corrected chi connectivity index (χ1v) is 7.74. The van der Waals surface area contributed by atoms with Crippen LogP contribution in [-0.4, -0.2) is 53.1 Å². The Morgan fingerprint density at radius 1 is 0.955 bits per heavy atom. The number of rotatable bonds is 2. The van der Waals surface area contributed by atoms with Gasteiger partial charge < -0.3 is 15.5 Å². The van der Waals surface area contributed by atoms with Crippen molar-refractivity contribution >= 4 is 11.9 Å². The smallest absolute Gasteiger partial charge is 0.351 e. The third-order valence-electron chi connectivity index (χ3n) is 4.61. The Morgan fingerprint density at radius 2 is 1.45 bits per heavy atom. The van der Waals surface area contributed by atoms with Crippen molar-refractivity contribution in [2.45, 2.75) is 63.2 Å². The molecule has 22 heavy (non-hydrogen) atoms. The molecule has 0 aromatic heterocycles. The third-order valence-corrected chi connectivity index (χ3v) is 4.61. The van der Waals surface area contributed by atoms with Gasteiger partial charge in [-0.3, -0.25) is 4.79 Å². The van der Waals surface area contributed by atoms with E-state index in [1.807, 2.05) is 0 Å². The molecule has 2 N–H and O–H groups in total. The average Bonchev–Trinajstić information content (AvgIpc) is 2.47. The fourth-order valence-corrected chi connectivity index (χ4v) is 3.54. The largest absolute Gasteiger partial charge is 0.471 e. The molecule has 0 aromatic carbocycles. The van der Waals surface area contributed by atoms with Gasteiger partial charge in [0.2, 0.25) is 0 Å². The van der Waals surface area contributed by atoms with Crippen molar-refractivity contribution in [1.29, 1.82) is 0 Å². The van der Waals surface area contributed by atoms with Crippen LogP contribution in [-0.2, 0) is 4.79 Å². The van der Waals surface area contributed by atoms with E-state index >= 15 is 0 Å². The SMILES string of the molecule is NC(=O)N(C1CCCCC1)C1CCN(C(=O)C(F)(F)F)CC1. The fraction of sp³-hybridized carbons (Fsp3) is 0.857. The lowest BCUT2D eigenvalue weighted by atomic mass is 9.91. The van der Waals surface area contributed by atoms with E-state index in [2.05, 4.69) is 0 Å². The maximum Gasteiger partial charge on any atom is 0.471 e. The summed E-state index contributed by atoms with van der Waals surface area (Å²) in [6.45, 7) is 0.0268. The molecule has 0 radical (unpaired) electrons. The number of nitrogens with two attached hydrogens (primary N) is 1. The number of hydrogen-bond acceptors (Lipinski definition) is 2. The van der Waals surface area contributed by atoms with Crippen molar-refractivity contribution < 1.29 is 22.8 Å². The number of carbonyl (C=O) groups is 2. The fourth-order valence-electron chi connectivity index (χ4n) is 3.54. The van der Waals surface area contributed by atoms with Gasteiger partial charge in [0, 0.05) is 25.2 Å². The van der Waals surface area contributed by atoms with Gasteiger partial charge in [-0.15, -0.1) is 0 Å². The zero-order valence-corrected chi connectivity index (χ0v) is 12.4. The molecule has 1 aliphatic heterocycles. The van der Waals surface area contributed by atoms with Gasteiger partial charge in [0.1, 0.15) is 0 Å². The molecule has 126 valence electrons. The minimum absolute atomic E-state index is 0.0134. The topological polar surface area (TPSA) is 66.6 Å². The monoisotopic (exact) mass is 321 g/mol. The first-order valence-electron chi connectivity index (χ1n) is 7.74. The number of piperidine rings is 1. The van der Waals surface area contributed by atoms with Crippen LogP contribution in [0.15, 0.2) is 0 Å². The lowest BCUT2D eigenvalue weighted by molar-refractivity contribution is -0.186. The van der Waals surface area contributed by atoms with E-state index in [0.29, 0.717) is 12.8 Å². The number of hydrogen-bond donors (Lipinski definition) is 1. The van der Waals surface area contributed by atoms with Gasteiger partial charge in [0.05, 0.1) is 0 Å². The van der Waals surface area contributed by atoms with Crippen LogP contribution in [0.3, 0.4) is 0 Å². The summed E-state index contributed by atoms with van der Waals surface area (Å²) in [6, 6.07) is -0.591. The Labute approximate surface area is 127 Å². The van der Waals surface area contributed by atoms with Crippen LogP contribution < -0.4 is 5.73 Å². The van der Waals surface area contributed by atoms with Gasteiger partial charge in [-0.1, -0.05) is 19.3 Å². The number of alkyl halides is 3. The van der Waals surface area contributed by atoms with E-state index < -0.39 is 18.1 Å². The Balaban J connectivity index is 1.96. The van der Waals surface area contributed by atoms with Gasteiger partial charge in [-0.25, -0.2) is 4.79 Å². The molecular weight excluding hydrogens is 299 g/mol. The molecule has 1 heterocycles. The molecule has 0 bridgehead atoms. The first-order chi connectivity index (χ1) is 10.3. The van der Waals surface area contributed by atoms with Gasteiger partial charge >= 0.3 is 18.1 Å². The first kappa shape index (κ1) is 16.9. The predicted molar refractivity (Wildman–Crippen MR) is 74.0 cm³/mol. The van der Waals surface area contributed by atoms with E-state index in [9.17, 15) is 22.8 Å². The van der Waals surface area contributed by atoms with Crippen LogP contribution >= 0.6 is 0 Å². The van der Waals surface area contributed by atoms with Crippen LogP contribution in [0.5, 0.6) is 0 Å². The molecular formula is C14H22F3N3O2. The lowest BCUT2D eigenvalue weighted by Gasteiger charge is -2.42. The number of halogens is 3. The van der Waals surface area contributed by atoms with Crippen molar-refractivity contribution in [3.8, 4) is 0 Å². The average molecular weight is 321 g/mol. The highest BCUT2D eigenvalue weighted by Gasteiger charge is 2.44. The molecule has 0 aromatic rings. The van der Waals surface area contributed by atoms with Crippen LogP contribution in [0.2, 0.25) is 0 Å². The number of amides is 3. The molecule has 1 aliphatic carbocycles. The summed E-state index contributed by atoms with van der Waals surface area (Å²) in [5.74, 6) is -1.80. The summed E-state index contributed by atoms with van der Waals surface area (Å²) in [7, 11) is 0. The highest BCUT2D eigenvalue weighted by Crippen LogP contribution is 2.29. The molecule has 0 unspecified atom stereocenters. The zero-order chi connectivity index (χ0) is 16.3. The highest BCUT2D eigenvalue weighted by atomic mass is 19.4. The third kappa shape index (κ3) is 3.84. The molecule has 8 heteroatoms. The lowest BCUT2D eigenvalue weighted by Crippen LogP contribution is -2.55. The number of likely N-dealkylation sites (tertiary alicyclic amines) is 1. The second kappa shape index (κ2) is 6.75. The minimum atomic E-state index is -4.83. The number of nitrogens with zero attached hydrogens (tertiary/aromatic N) is 2. The van der Waals surface area contributed by atoms with E-state index in [1.165, 1.54) is 0 Å². The quantitative estimate of drug-likeness (QED) is 0.848. The van der Waals surface area contributed by atoms with Crippen LogP contribution in [0.1, 0.15) is 44.9 Å². The minimum Gasteiger partial charge on any atom is -0.351 e. The molecule has 2 rings (SSSR count). The Kier molecular flexibility index (Phi) is 5.18. The van der Waals surface area contributed by atoms with Crippen molar-refractivity contribution in [3.05, 3.63) is 0 Å². The number of carbonyl (C=O) groups excluding carboxylic acids is 2. The van der Waals surface area contributed by atoms with Crippen LogP contribution in [0.4, 0.5) is 18.0 Å². The molecule has 1 saturated heterocycles. The summed E-state index contributed by atoms with van der Waals surface area (Å²) in [5.41, 5.74) is 5.49. The summed E-state index contributed by atoms with van der Waals surface area (Å²) in [4.78, 5) is 25.5. The summed E-state index contributed by atoms with van der Waals surface area (Å²) in [6.07, 6.45) is 0.874. The predicted octanol–water partition coefficient (Wildman–Crippen LogP) is 2.25. The van der Waals surface area contributed by atoms with Gasteiger partial charge in [-0.05, 0) is 25.7 Å². The van der Waals surface area contributed by atoms with E-state index in [0.717, 1.165) is 37.0 Å². The van der Waals surface area contributed by atoms with E-state index in [4.69, 9.17) is 5.73 Å². The Morgan fingerprint density at radius 3 is 1.91 bits per heavy atom. The molecule has 0 atom stereocenters. The Hall–Kier alpha value is -1.47. The van der Waals surface area contributed by atoms with Crippen LogP contribution in [0.25, 0.3) is 0 Å². The van der Waals surface area contributed by atoms with Crippen LogP contribution in [0, 0.1) is 0 Å². The summed E-state index contributed by atoms with van der Waals surface area (Å²) < 4.78 is 37.3. The van der Waals surface area contributed by atoms with Gasteiger partial charge in [-0.2, -0.15) is 13.2 Å².